The quantitative estimate of drug-likeness (QED) is 0.668. The summed E-state index contributed by atoms with van der Waals surface area (Å²) < 4.78 is 15.5. The predicted molar refractivity (Wildman–Crippen MR) is 77.5 cm³/mol. The van der Waals surface area contributed by atoms with Crippen LogP contribution in [-0.4, -0.2) is 46.4 Å². The summed E-state index contributed by atoms with van der Waals surface area (Å²) >= 11 is 0. The zero-order chi connectivity index (χ0) is 14.8. The topological polar surface area (TPSA) is 68.8 Å². The van der Waals surface area contributed by atoms with Crippen molar-refractivity contribution < 1.29 is 19.0 Å². The summed E-state index contributed by atoms with van der Waals surface area (Å²) in [5.74, 6) is 1.14. The van der Waals surface area contributed by atoms with Crippen LogP contribution in [0.3, 0.4) is 0 Å². The molecule has 20 heavy (non-hydrogen) atoms. The van der Waals surface area contributed by atoms with Crippen molar-refractivity contribution in [1.82, 2.24) is 5.32 Å². The van der Waals surface area contributed by atoms with Gasteiger partial charge in [-0.1, -0.05) is 0 Å². The van der Waals surface area contributed by atoms with E-state index >= 15 is 0 Å². The number of methoxy groups -OCH3 is 2. The third-order valence-corrected chi connectivity index (χ3v) is 2.52. The highest BCUT2D eigenvalue weighted by Gasteiger charge is 2.07. The molecule has 1 rings (SSSR count). The average Bonchev–Trinajstić information content (AvgIpc) is 2.44. The monoisotopic (exact) mass is 282 g/mol. The lowest BCUT2D eigenvalue weighted by molar-refractivity contribution is -0.115. The first-order valence-electron chi connectivity index (χ1n) is 6.51. The van der Waals surface area contributed by atoms with Gasteiger partial charge in [-0.3, -0.25) is 4.79 Å². The van der Waals surface area contributed by atoms with Gasteiger partial charge in [0.2, 0.25) is 5.91 Å². The van der Waals surface area contributed by atoms with Gasteiger partial charge in [0.05, 0.1) is 26.9 Å². The standard InChI is InChI=1S/C14H22N2O4/c1-4-20-13-9-11(5-6-12(13)19-3)16-14(17)10-15-7-8-18-2/h5-6,9,15H,4,7-8,10H2,1-3H3,(H,16,17). The molecular formula is C14H22N2O4. The molecule has 6 heteroatoms. The maximum Gasteiger partial charge on any atom is 0.238 e. The van der Waals surface area contributed by atoms with E-state index in [1.54, 1.807) is 32.4 Å². The van der Waals surface area contributed by atoms with Gasteiger partial charge in [0.15, 0.2) is 11.5 Å². The van der Waals surface area contributed by atoms with Crippen LogP contribution in [0.15, 0.2) is 18.2 Å². The van der Waals surface area contributed by atoms with E-state index in [9.17, 15) is 4.79 Å². The Labute approximate surface area is 119 Å². The van der Waals surface area contributed by atoms with E-state index in [1.165, 1.54) is 0 Å². The minimum Gasteiger partial charge on any atom is -0.493 e. The Morgan fingerprint density at radius 1 is 1.25 bits per heavy atom. The van der Waals surface area contributed by atoms with E-state index in [4.69, 9.17) is 14.2 Å². The second-order valence-electron chi connectivity index (χ2n) is 4.02. The van der Waals surface area contributed by atoms with Crippen LogP contribution in [-0.2, 0) is 9.53 Å². The minimum absolute atomic E-state index is 0.117. The summed E-state index contributed by atoms with van der Waals surface area (Å²) in [6.07, 6.45) is 0. The molecule has 0 aliphatic heterocycles. The van der Waals surface area contributed by atoms with E-state index in [-0.39, 0.29) is 12.5 Å². The van der Waals surface area contributed by atoms with Crippen LogP contribution in [0.5, 0.6) is 11.5 Å². The number of hydrogen-bond acceptors (Lipinski definition) is 5. The summed E-state index contributed by atoms with van der Waals surface area (Å²) in [5.41, 5.74) is 0.674. The highest BCUT2D eigenvalue weighted by Crippen LogP contribution is 2.30. The van der Waals surface area contributed by atoms with E-state index in [1.807, 2.05) is 6.92 Å². The molecule has 0 aromatic heterocycles. The maximum absolute atomic E-state index is 11.7. The van der Waals surface area contributed by atoms with Gasteiger partial charge in [-0.2, -0.15) is 0 Å². The van der Waals surface area contributed by atoms with Crippen LogP contribution in [0.1, 0.15) is 6.92 Å². The molecule has 0 radical (unpaired) electrons. The second kappa shape index (κ2) is 9.17. The van der Waals surface area contributed by atoms with Gasteiger partial charge in [0, 0.05) is 25.4 Å². The third-order valence-electron chi connectivity index (χ3n) is 2.52. The number of hydrogen-bond donors (Lipinski definition) is 2. The molecule has 0 bridgehead atoms. The highest BCUT2D eigenvalue weighted by molar-refractivity contribution is 5.92. The fourth-order valence-corrected chi connectivity index (χ4v) is 1.60. The molecule has 0 unspecified atom stereocenters. The fraction of sp³-hybridized carbons (Fsp3) is 0.500. The largest absolute Gasteiger partial charge is 0.493 e. The molecule has 2 N–H and O–H groups in total. The molecule has 0 aliphatic rings. The Bertz CT molecular complexity index is 424. The van der Waals surface area contributed by atoms with E-state index in [0.717, 1.165) is 0 Å². The number of benzene rings is 1. The molecule has 0 saturated carbocycles. The van der Waals surface area contributed by atoms with Crippen molar-refractivity contribution in [1.29, 1.82) is 0 Å². The number of carbonyl (C=O) groups is 1. The van der Waals surface area contributed by atoms with Crippen LogP contribution in [0.2, 0.25) is 0 Å². The van der Waals surface area contributed by atoms with Crippen molar-refractivity contribution in [2.45, 2.75) is 6.92 Å². The first-order valence-corrected chi connectivity index (χ1v) is 6.51. The molecule has 0 heterocycles. The predicted octanol–water partition coefficient (Wildman–Crippen LogP) is 1.27. The minimum atomic E-state index is -0.117. The molecule has 1 aromatic rings. The SMILES string of the molecule is CCOc1cc(NC(=O)CNCCOC)ccc1OC. The van der Waals surface area contributed by atoms with Crippen molar-refractivity contribution in [2.24, 2.45) is 0 Å². The number of nitrogens with one attached hydrogen (secondary N) is 2. The first-order chi connectivity index (χ1) is 9.71. The molecule has 0 spiro atoms. The van der Waals surface area contributed by atoms with Crippen LogP contribution in [0.25, 0.3) is 0 Å². The van der Waals surface area contributed by atoms with Crippen LogP contribution in [0.4, 0.5) is 5.69 Å². The zero-order valence-corrected chi connectivity index (χ0v) is 12.2. The van der Waals surface area contributed by atoms with Gasteiger partial charge in [0.1, 0.15) is 0 Å². The summed E-state index contributed by atoms with van der Waals surface area (Å²) in [4.78, 5) is 11.7. The molecule has 0 aliphatic carbocycles. The number of ether oxygens (including phenoxy) is 3. The lowest BCUT2D eigenvalue weighted by Crippen LogP contribution is -2.30. The average molecular weight is 282 g/mol. The Kier molecular flexibility index (Phi) is 7.46. The van der Waals surface area contributed by atoms with Crippen molar-refractivity contribution in [3.8, 4) is 11.5 Å². The lowest BCUT2D eigenvalue weighted by atomic mass is 10.2. The van der Waals surface area contributed by atoms with Crippen molar-refractivity contribution in [2.75, 3.05) is 45.8 Å². The Balaban J connectivity index is 2.54. The summed E-state index contributed by atoms with van der Waals surface area (Å²) in [6, 6.07) is 5.28. The number of anilines is 1. The van der Waals surface area contributed by atoms with E-state index < -0.39 is 0 Å². The third kappa shape index (κ3) is 5.46. The normalized spacial score (nSPS) is 10.2. The van der Waals surface area contributed by atoms with Gasteiger partial charge in [-0.25, -0.2) is 0 Å². The van der Waals surface area contributed by atoms with E-state index in [2.05, 4.69) is 10.6 Å². The van der Waals surface area contributed by atoms with Crippen molar-refractivity contribution in [3.05, 3.63) is 18.2 Å². The Hall–Kier alpha value is -1.79. The summed E-state index contributed by atoms with van der Waals surface area (Å²) in [7, 11) is 3.20. The van der Waals surface area contributed by atoms with Crippen LogP contribution >= 0.6 is 0 Å². The molecule has 1 amide bonds. The van der Waals surface area contributed by atoms with Gasteiger partial charge < -0.3 is 24.8 Å². The zero-order valence-electron chi connectivity index (χ0n) is 12.2. The van der Waals surface area contributed by atoms with Gasteiger partial charge >= 0.3 is 0 Å². The van der Waals surface area contributed by atoms with E-state index in [0.29, 0.717) is 36.9 Å². The Morgan fingerprint density at radius 2 is 2.05 bits per heavy atom. The highest BCUT2D eigenvalue weighted by atomic mass is 16.5. The first kappa shape index (κ1) is 16.3. The maximum atomic E-state index is 11.7. The second-order valence-corrected chi connectivity index (χ2v) is 4.02. The van der Waals surface area contributed by atoms with Crippen molar-refractivity contribution >= 4 is 11.6 Å². The molecule has 0 saturated heterocycles. The van der Waals surface area contributed by atoms with Crippen molar-refractivity contribution in [3.63, 3.8) is 0 Å². The van der Waals surface area contributed by atoms with Crippen LogP contribution < -0.4 is 20.1 Å². The smallest absolute Gasteiger partial charge is 0.238 e. The van der Waals surface area contributed by atoms with Gasteiger partial charge in [-0.05, 0) is 19.1 Å². The van der Waals surface area contributed by atoms with Crippen LogP contribution in [0, 0.1) is 0 Å². The summed E-state index contributed by atoms with van der Waals surface area (Å²) in [5, 5.41) is 5.77. The molecule has 0 fully saturated rings. The number of rotatable bonds is 9. The molecular weight excluding hydrogens is 260 g/mol. The fourth-order valence-electron chi connectivity index (χ4n) is 1.60. The molecule has 112 valence electrons. The number of amides is 1. The molecule has 6 nitrogen and oxygen atoms in total. The lowest BCUT2D eigenvalue weighted by Gasteiger charge is -2.12. The number of carbonyl (C=O) groups excluding carboxylic acids is 1. The summed E-state index contributed by atoms with van der Waals surface area (Å²) in [6.45, 7) is 3.87. The molecule has 0 atom stereocenters. The molecule has 1 aromatic carbocycles. The van der Waals surface area contributed by atoms with Gasteiger partial charge in [-0.15, -0.1) is 0 Å². The van der Waals surface area contributed by atoms with Gasteiger partial charge in [0.25, 0.3) is 0 Å². The Morgan fingerprint density at radius 3 is 2.70 bits per heavy atom.